The quantitative estimate of drug-likeness (QED) is 0.405. The highest BCUT2D eigenvalue weighted by molar-refractivity contribution is 5.72. The lowest BCUT2D eigenvalue weighted by Gasteiger charge is -2.09. The SMILES string of the molecule is COc1ccc(COc2ccc(NCc3ccc(NCCNC(C)=O)cc3)nn2)cn1. The number of hydrogen-bond donors (Lipinski definition) is 3. The van der Waals surface area contributed by atoms with E-state index in [1.807, 2.05) is 36.4 Å². The van der Waals surface area contributed by atoms with Gasteiger partial charge in [-0.3, -0.25) is 4.79 Å². The first-order chi connectivity index (χ1) is 15.1. The lowest BCUT2D eigenvalue weighted by atomic mass is 10.2. The van der Waals surface area contributed by atoms with Gasteiger partial charge in [0.05, 0.1) is 7.11 Å². The van der Waals surface area contributed by atoms with E-state index in [-0.39, 0.29) is 5.91 Å². The third kappa shape index (κ3) is 7.46. The zero-order valence-corrected chi connectivity index (χ0v) is 17.6. The van der Waals surface area contributed by atoms with Crippen LogP contribution in [-0.2, 0) is 17.9 Å². The molecule has 0 spiro atoms. The Balaban J connectivity index is 1.40. The molecule has 0 unspecified atom stereocenters. The molecule has 9 heteroatoms. The molecule has 162 valence electrons. The summed E-state index contributed by atoms with van der Waals surface area (Å²) in [6, 6.07) is 15.3. The first kappa shape index (κ1) is 21.8. The van der Waals surface area contributed by atoms with Crippen LogP contribution in [0.25, 0.3) is 0 Å². The molecule has 3 rings (SSSR count). The maximum Gasteiger partial charge on any atom is 0.233 e. The summed E-state index contributed by atoms with van der Waals surface area (Å²) in [5, 5.41) is 17.5. The van der Waals surface area contributed by atoms with Crippen LogP contribution in [0.2, 0.25) is 0 Å². The molecular formula is C22H26N6O3. The van der Waals surface area contributed by atoms with Crippen molar-refractivity contribution in [1.82, 2.24) is 20.5 Å². The van der Waals surface area contributed by atoms with Gasteiger partial charge < -0.3 is 25.4 Å². The Kier molecular flexibility index (Phi) is 7.98. The number of benzene rings is 1. The average molecular weight is 422 g/mol. The van der Waals surface area contributed by atoms with E-state index in [1.165, 1.54) is 6.92 Å². The van der Waals surface area contributed by atoms with Gasteiger partial charge in [-0.15, -0.1) is 10.2 Å². The molecule has 1 aromatic carbocycles. The minimum atomic E-state index is -0.0274. The molecule has 2 heterocycles. The number of hydrogen-bond acceptors (Lipinski definition) is 8. The molecule has 31 heavy (non-hydrogen) atoms. The number of amides is 1. The van der Waals surface area contributed by atoms with Gasteiger partial charge in [0.15, 0.2) is 0 Å². The van der Waals surface area contributed by atoms with Gasteiger partial charge >= 0.3 is 0 Å². The molecule has 3 aromatic rings. The molecule has 0 saturated heterocycles. The molecule has 0 aliphatic carbocycles. The molecule has 3 N–H and O–H groups in total. The van der Waals surface area contributed by atoms with Crippen LogP contribution in [0, 0.1) is 0 Å². The standard InChI is InChI=1S/C22H26N6O3/c1-16(29)23-11-12-24-19-6-3-17(4-7-19)13-25-20-8-10-22(28-27-20)31-15-18-5-9-21(30-2)26-14-18/h3-10,14,24H,11-13,15H2,1-2H3,(H,23,29)(H,25,27). The van der Waals surface area contributed by atoms with Crippen molar-refractivity contribution in [2.45, 2.75) is 20.1 Å². The zero-order valence-electron chi connectivity index (χ0n) is 17.6. The highest BCUT2D eigenvalue weighted by Crippen LogP contribution is 2.14. The molecular weight excluding hydrogens is 396 g/mol. The Hall–Kier alpha value is -3.88. The van der Waals surface area contributed by atoms with Crippen LogP contribution in [-0.4, -0.2) is 41.3 Å². The van der Waals surface area contributed by atoms with Crippen LogP contribution in [0.1, 0.15) is 18.1 Å². The van der Waals surface area contributed by atoms with E-state index in [0.29, 0.717) is 43.8 Å². The fourth-order valence-electron chi connectivity index (χ4n) is 2.64. The molecule has 0 radical (unpaired) electrons. The maximum absolute atomic E-state index is 10.9. The minimum absolute atomic E-state index is 0.0274. The summed E-state index contributed by atoms with van der Waals surface area (Å²) in [6.45, 7) is 3.75. The minimum Gasteiger partial charge on any atom is -0.481 e. The van der Waals surface area contributed by atoms with Gasteiger partial charge in [0.25, 0.3) is 0 Å². The molecule has 0 saturated carbocycles. The fraction of sp³-hybridized carbons (Fsp3) is 0.273. The number of carbonyl (C=O) groups excluding carboxylic acids is 1. The predicted molar refractivity (Wildman–Crippen MR) is 118 cm³/mol. The van der Waals surface area contributed by atoms with Gasteiger partial charge in [0.2, 0.25) is 17.7 Å². The van der Waals surface area contributed by atoms with E-state index < -0.39 is 0 Å². The number of anilines is 2. The summed E-state index contributed by atoms with van der Waals surface area (Å²) < 4.78 is 10.7. The van der Waals surface area contributed by atoms with Crippen molar-refractivity contribution < 1.29 is 14.3 Å². The van der Waals surface area contributed by atoms with Crippen LogP contribution >= 0.6 is 0 Å². The fourth-order valence-corrected chi connectivity index (χ4v) is 2.64. The predicted octanol–water partition coefficient (Wildman–Crippen LogP) is 2.62. The van der Waals surface area contributed by atoms with Crippen molar-refractivity contribution in [1.29, 1.82) is 0 Å². The van der Waals surface area contributed by atoms with Gasteiger partial charge in [-0.1, -0.05) is 12.1 Å². The number of nitrogens with one attached hydrogen (secondary N) is 3. The van der Waals surface area contributed by atoms with Crippen LogP contribution in [0.3, 0.4) is 0 Å². The summed E-state index contributed by atoms with van der Waals surface area (Å²) in [5.41, 5.74) is 3.03. The number of rotatable bonds is 11. The van der Waals surface area contributed by atoms with E-state index in [4.69, 9.17) is 9.47 Å². The number of carbonyl (C=O) groups is 1. The van der Waals surface area contributed by atoms with E-state index in [0.717, 1.165) is 16.8 Å². The van der Waals surface area contributed by atoms with Crippen molar-refractivity contribution >= 4 is 17.4 Å². The van der Waals surface area contributed by atoms with E-state index in [9.17, 15) is 4.79 Å². The van der Waals surface area contributed by atoms with Crippen molar-refractivity contribution in [2.24, 2.45) is 0 Å². The molecule has 0 bridgehead atoms. The Bertz CT molecular complexity index is 946. The topological polar surface area (TPSA) is 110 Å². The Morgan fingerprint density at radius 3 is 2.32 bits per heavy atom. The zero-order chi connectivity index (χ0) is 21.9. The maximum atomic E-state index is 10.9. The normalized spacial score (nSPS) is 10.3. The monoisotopic (exact) mass is 422 g/mol. The molecule has 2 aromatic heterocycles. The van der Waals surface area contributed by atoms with Crippen LogP contribution in [0.15, 0.2) is 54.7 Å². The van der Waals surface area contributed by atoms with Gasteiger partial charge in [0.1, 0.15) is 12.4 Å². The molecule has 0 atom stereocenters. The van der Waals surface area contributed by atoms with E-state index in [1.54, 1.807) is 25.4 Å². The number of aromatic nitrogens is 3. The van der Waals surface area contributed by atoms with E-state index in [2.05, 4.69) is 31.1 Å². The van der Waals surface area contributed by atoms with Crippen molar-refractivity contribution in [3.05, 3.63) is 65.9 Å². The van der Waals surface area contributed by atoms with E-state index >= 15 is 0 Å². The summed E-state index contributed by atoms with van der Waals surface area (Å²) >= 11 is 0. The summed E-state index contributed by atoms with van der Waals surface area (Å²) in [5.74, 6) is 1.64. The first-order valence-electron chi connectivity index (χ1n) is 9.89. The number of pyridine rings is 1. The highest BCUT2D eigenvalue weighted by Gasteiger charge is 2.02. The largest absolute Gasteiger partial charge is 0.481 e. The number of nitrogens with zero attached hydrogens (tertiary/aromatic N) is 3. The van der Waals surface area contributed by atoms with Gasteiger partial charge in [-0.25, -0.2) is 4.98 Å². The van der Waals surface area contributed by atoms with Crippen LogP contribution in [0.4, 0.5) is 11.5 Å². The van der Waals surface area contributed by atoms with Crippen molar-refractivity contribution in [3.63, 3.8) is 0 Å². The average Bonchev–Trinajstić information content (AvgIpc) is 2.81. The molecule has 0 aliphatic rings. The summed E-state index contributed by atoms with van der Waals surface area (Å²) in [6.07, 6.45) is 1.70. The lowest BCUT2D eigenvalue weighted by molar-refractivity contribution is -0.118. The smallest absolute Gasteiger partial charge is 0.233 e. The van der Waals surface area contributed by atoms with Crippen molar-refractivity contribution in [3.8, 4) is 11.8 Å². The second-order valence-corrected chi connectivity index (χ2v) is 6.71. The van der Waals surface area contributed by atoms with Gasteiger partial charge in [-0.2, -0.15) is 0 Å². The number of methoxy groups -OCH3 is 1. The Morgan fingerprint density at radius 2 is 1.68 bits per heavy atom. The Morgan fingerprint density at radius 1 is 0.903 bits per heavy atom. The highest BCUT2D eigenvalue weighted by atomic mass is 16.5. The lowest BCUT2D eigenvalue weighted by Crippen LogP contribution is -2.26. The third-order valence-corrected chi connectivity index (χ3v) is 4.29. The first-order valence-corrected chi connectivity index (χ1v) is 9.89. The van der Waals surface area contributed by atoms with Crippen molar-refractivity contribution in [2.75, 3.05) is 30.8 Å². The summed E-state index contributed by atoms with van der Waals surface area (Å²) in [7, 11) is 1.58. The molecule has 0 aliphatic heterocycles. The second-order valence-electron chi connectivity index (χ2n) is 6.71. The molecule has 1 amide bonds. The molecule has 9 nitrogen and oxygen atoms in total. The number of ether oxygens (including phenoxy) is 2. The Labute approximate surface area is 181 Å². The van der Waals surface area contributed by atoms with Gasteiger partial charge in [0, 0.05) is 56.1 Å². The van der Waals surface area contributed by atoms with Crippen LogP contribution in [0.5, 0.6) is 11.8 Å². The molecule has 0 fully saturated rings. The third-order valence-electron chi connectivity index (χ3n) is 4.29. The van der Waals surface area contributed by atoms with Crippen LogP contribution < -0.4 is 25.4 Å². The van der Waals surface area contributed by atoms with Gasteiger partial charge in [-0.05, 0) is 29.8 Å². The summed E-state index contributed by atoms with van der Waals surface area (Å²) in [4.78, 5) is 15.0. The second kappa shape index (κ2) is 11.3.